The Labute approximate surface area is 135 Å². The second-order valence-electron chi connectivity index (χ2n) is 6.06. The summed E-state index contributed by atoms with van der Waals surface area (Å²) in [5.41, 5.74) is 5.51. The number of methoxy groups -OCH3 is 1. The van der Waals surface area contributed by atoms with E-state index in [1.54, 1.807) is 0 Å². The van der Waals surface area contributed by atoms with Gasteiger partial charge in [-0.3, -0.25) is 4.79 Å². The van der Waals surface area contributed by atoms with Crippen molar-refractivity contribution in [2.24, 2.45) is 11.7 Å². The van der Waals surface area contributed by atoms with Gasteiger partial charge in [0, 0.05) is 17.6 Å². The largest absolute Gasteiger partial charge is 0.493 e. The molecule has 0 aliphatic heterocycles. The number of carbonyl (C=O) groups excluding carboxylic acids is 1. The number of carbonyl (C=O) groups is 1. The van der Waals surface area contributed by atoms with Crippen LogP contribution in [0.1, 0.15) is 37.6 Å². The van der Waals surface area contributed by atoms with Crippen LogP contribution in [0.4, 0.5) is 8.78 Å². The van der Waals surface area contributed by atoms with Crippen molar-refractivity contribution in [1.29, 1.82) is 0 Å². The molecule has 5 nitrogen and oxygen atoms in total. The molecule has 1 unspecified atom stereocenters. The Kier molecular flexibility index (Phi) is 6.75. The van der Waals surface area contributed by atoms with E-state index in [1.165, 1.54) is 25.3 Å². The number of benzene rings is 1. The molecule has 0 bridgehead atoms. The first-order chi connectivity index (χ1) is 10.7. The van der Waals surface area contributed by atoms with Crippen LogP contribution in [0.2, 0.25) is 0 Å². The van der Waals surface area contributed by atoms with Crippen molar-refractivity contribution in [3.8, 4) is 11.5 Å². The molecule has 0 aliphatic carbocycles. The molecule has 0 spiro atoms. The van der Waals surface area contributed by atoms with Gasteiger partial charge in [0.1, 0.15) is 0 Å². The van der Waals surface area contributed by atoms with Crippen LogP contribution in [0, 0.1) is 5.92 Å². The Morgan fingerprint density at radius 3 is 2.48 bits per heavy atom. The van der Waals surface area contributed by atoms with E-state index >= 15 is 0 Å². The van der Waals surface area contributed by atoms with Crippen LogP contribution in [0.15, 0.2) is 18.2 Å². The van der Waals surface area contributed by atoms with Crippen LogP contribution in [0.5, 0.6) is 11.5 Å². The Bertz CT molecular complexity index is 538. The van der Waals surface area contributed by atoms with Gasteiger partial charge in [-0.1, -0.05) is 13.8 Å². The average molecular weight is 330 g/mol. The van der Waals surface area contributed by atoms with Gasteiger partial charge in [-0.25, -0.2) is 0 Å². The minimum Gasteiger partial charge on any atom is -0.493 e. The fourth-order valence-corrected chi connectivity index (χ4v) is 2.43. The molecule has 0 aromatic heterocycles. The van der Waals surface area contributed by atoms with Gasteiger partial charge in [0.15, 0.2) is 11.5 Å². The minimum atomic E-state index is -2.96. The van der Waals surface area contributed by atoms with Crippen LogP contribution in [-0.2, 0) is 0 Å². The van der Waals surface area contributed by atoms with E-state index in [1.807, 2.05) is 20.8 Å². The van der Waals surface area contributed by atoms with Gasteiger partial charge in [0.25, 0.3) is 5.91 Å². The quantitative estimate of drug-likeness (QED) is 0.769. The van der Waals surface area contributed by atoms with Gasteiger partial charge in [-0.15, -0.1) is 0 Å². The molecule has 1 atom stereocenters. The fourth-order valence-electron chi connectivity index (χ4n) is 2.43. The first-order valence-corrected chi connectivity index (χ1v) is 7.36. The van der Waals surface area contributed by atoms with Gasteiger partial charge in [0.2, 0.25) is 0 Å². The zero-order valence-electron chi connectivity index (χ0n) is 13.9. The lowest BCUT2D eigenvalue weighted by atomic mass is 9.90. The van der Waals surface area contributed by atoms with Crippen molar-refractivity contribution >= 4 is 5.91 Å². The van der Waals surface area contributed by atoms with E-state index < -0.39 is 12.2 Å². The summed E-state index contributed by atoms with van der Waals surface area (Å²) in [4.78, 5) is 12.4. The lowest BCUT2D eigenvalue weighted by Gasteiger charge is -2.31. The van der Waals surface area contributed by atoms with Crippen molar-refractivity contribution in [2.45, 2.75) is 39.3 Å². The van der Waals surface area contributed by atoms with E-state index in [4.69, 9.17) is 10.5 Å². The average Bonchev–Trinajstić information content (AvgIpc) is 2.46. The maximum absolute atomic E-state index is 12.4. The summed E-state index contributed by atoms with van der Waals surface area (Å²) in [6.45, 7) is 3.28. The summed E-state index contributed by atoms with van der Waals surface area (Å²) in [6, 6.07) is 4.05. The molecule has 7 heteroatoms. The van der Waals surface area contributed by atoms with Crippen LogP contribution >= 0.6 is 0 Å². The zero-order chi connectivity index (χ0) is 17.6. The molecule has 0 heterocycles. The highest BCUT2D eigenvalue weighted by atomic mass is 19.3. The normalized spacial score (nSPS) is 13.8. The number of alkyl halides is 2. The zero-order valence-corrected chi connectivity index (χ0v) is 13.9. The molecular formula is C16H24F2N2O3. The number of rotatable bonds is 8. The number of hydrogen-bond donors (Lipinski definition) is 2. The van der Waals surface area contributed by atoms with Crippen molar-refractivity contribution in [3.63, 3.8) is 0 Å². The smallest absolute Gasteiger partial charge is 0.387 e. The topological polar surface area (TPSA) is 73.6 Å². The molecule has 3 N–H and O–H groups in total. The highest BCUT2D eigenvalue weighted by molar-refractivity contribution is 5.95. The van der Waals surface area contributed by atoms with Crippen molar-refractivity contribution in [1.82, 2.24) is 5.32 Å². The van der Waals surface area contributed by atoms with Gasteiger partial charge in [-0.2, -0.15) is 8.78 Å². The summed E-state index contributed by atoms with van der Waals surface area (Å²) < 4.78 is 34.0. The van der Waals surface area contributed by atoms with Crippen LogP contribution in [0.3, 0.4) is 0 Å². The van der Waals surface area contributed by atoms with Gasteiger partial charge < -0.3 is 20.5 Å². The Morgan fingerprint density at radius 2 is 2.00 bits per heavy atom. The first kappa shape index (κ1) is 19.2. The van der Waals surface area contributed by atoms with Crippen LogP contribution in [0.25, 0.3) is 0 Å². The molecule has 130 valence electrons. The third-order valence-electron chi connectivity index (χ3n) is 3.37. The molecule has 0 fully saturated rings. The monoisotopic (exact) mass is 330 g/mol. The predicted molar refractivity (Wildman–Crippen MR) is 84.0 cm³/mol. The molecule has 0 aliphatic rings. The SMILES string of the molecule is COc1cc(C(=O)NC(C)(CN)CC(C)C)ccc1OC(F)F. The number of halogens is 2. The maximum atomic E-state index is 12.4. The standard InChI is InChI=1S/C16H24F2N2O3/c1-10(2)8-16(3,9-19)20-14(21)11-5-6-12(23-15(17)18)13(7-11)22-4/h5-7,10,15H,8-9,19H2,1-4H3,(H,20,21). The molecule has 1 aromatic rings. The number of nitrogens with two attached hydrogens (primary N) is 1. The van der Waals surface area contributed by atoms with E-state index in [0.29, 0.717) is 12.5 Å². The third-order valence-corrected chi connectivity index (χ3v) is 3.37. The van der Waals surface area contributed by atoms with Gasteiger partial charge in [-0.05, 0) is 37.5 Å². The number of hydrogen-bond acceptors (Lipinski definition) is 4. The highest BCUT2D eigenvalue weighted by Crippen LogP contribution is 2.29. The lowest BCUT2D eigenvalue weighted by Crippen LogP contribution is -2.52. The minimum absolute atomic E-state index is 0.0660. The molecule has 1 rings (SSSR count). The second kappa shape index (κ2) is 8.10. The number of amides is 1. The second-order valence-corrected chi connectivity index (χ2v) is 6.06. The lowest BCUT2D eigenvalue weighted by molar-refractivity contribution is -0.0512. The molecule has 23 heavy (non-hydrogen) atoms. The fraction of sp³-hybridized carbons (Fsp3) is 0.562. The summed E-state index contributed by atoms with van der Waals surface area (Å²) >= 11 is 0. The van der Waals surface area contributed by atoms with E-state index in [-0.39, 0.29) is 23.0 Å². The molecule has 1 aromatic carbocycles. The summed E-state index contributed by atoms with van der Waals surface area (Å²) in [6.07, 6.45) is 0.721. The molecule has 0 saturated carbocycles. The Balaban J connectivity index is 2.95. The van der Waals surface area contributed by atoms with Crippen molar-refractivity contribution < 1.29 is 23.0 Å². The number of nitrogens with one attached hydrogen (secondary N) is 1. The highest BCUT2D eigenvalue weighted by Gasteiger charge is 2.26. The van der Waals surface area contributed by atoms with Crippen molar-refractivity contribution in [3.05, 3.63) is 23.8 Å². The van der Waals surface area contributed by atoms with E-state index in [9.17, 15) is 13.6 Å². The van der Waals surface area contributed by atoms with Gasteiger partial charge >= 0.3 is 6.61 Å². The predicted octanol–water partition coefficient (Wildman–Crippen LogP) is 2.79. The van der Waals surface area contributed by atoms with Gasteiger partial charge in [0.05, 0.1) is 7.11 Å². The molecule has 1 amide bonds. The number of ether oxygens (including phenoxy) is 2. The summed E-state index contributed by atoms with van der Waals surface area (Å²) in [7, 11) is 1.32. The van der Waals surface area contributed by atoms with Crippen LogP contribution in [-0.4, -0.2) is 31.7 Å². The van der Waals surface area contributed by atoms with E-state index in [2.05, 4.69) is 10.1 Å². The van der Waals surface area contributed by atoms with E-state index in [0.717, 1.165) is 6.42 Å². The third kappa shape index (κ3) is 5.67. The van der Waals surface area contributed by atoms with Crippen molar-refractivity contribution in [2.75, 3.05) is 13.7 Å². The molecular weight excluding hydrogens is 306 g/mol. The molecule has 0 radical (unpaired) electrons. The summed E-state index contributed by atoms with van der Waals surface area (Å²) in [5, 5.41) is 2.89. The Hall–Kier alpha value is -1.89. The summed E-state index contributed by atoms with van der Waals surface area (Å²) in [5.74, 6) is -0.0419. The van der Waals surface area contributed by atoms with Crippen LogP contribution < -0.4 is 20.5 Å². The maximum Gasteiger partial charge on any atom is 0.387 e. The first-order valence-electron chi connectivity index (χ1n) is 7.36. The Morgan fingerprint density at radius 1 is 1.35 bits per heavy atom. The molecule has 0 saturated heterocycles.